The van der Waals surface area contributed by atoms with Crippen molar-refractivity contribution in [2.45, 2.75) is 20.4 Å². The van der Waals surface area contributed by atoms with E-state index in [1.54, 1.807) is 6.20 Å². The normalized spacial score (nSPS) is 13.7. The molecule has 0 spiro atoms. The number of hydrogen-bond acceptors (Lipinski definition) is 6. The van der Waals surface area contributed by atoms with Crippen molar-refractivity contribution in [3.8, 4) is 22.6 Å². The largest absolute Gasteiger partial charge is 0.367 e. The molecule has 1 saturated heterocycles. The number of hydrogen-bond donors (Lipinski definition) is 3. The predicted octanol–water partition coefficient (Wildman–Crippen LogP) is 5.55. The van der Waals surface area contributed by atoms with Crippen LogP contribution in [0.15, 0.2) is 79.3 Å². The van der Waals surface area contributed by atoms with E-state index in [2.05, 4.69) is 104 Å². The first-order chi connectivity index (χ1) is 21.1. The maximum absolute atomic E-state index is 13.5. The Balaban J connectivity index is 1.10. The van der Waals surface area contributed by atoms with E-state index in [1.165, 1.54) is 27.6 Å². The van der Waals surface area contributed by atoms with Crippen LogP contribution in [0.1, 0.15) is 28.5 Å². The maximum Gasteiger partial charge on any atom is 0.272 e. The quantitative estimate of drug-likeness (QED) is 0.233. The van der Waals surface area contributed by atoms with Gasteiger partial charge in [0.25, 0.3) is 5.91 Å². The summed E-state index contributed by atoms with van der Waals surface area (Å²) in [5.74, 6) is 0.521. The molecule has 3 N–H and O–H groups in total. The van der Waals surface area contributed by atoms with Gasteiger partial charge < -0.3 is 20.1 Å². The van der Waals surface area contributed by atoms with Gasteiger partial charge in [-0.2, -0.15) is 5.10 Å². The van der Waals surface area contributed by atoms with Gasteiger partial charge in [-0.1, -0.05) is 49.4 Å². The van der Waals surface area contributed by atoms with Gasteiger partial charge in [-0.15, -0.1) is 0 Å². The number of rotatable bonds is 7. The van der Waals surface area contributed by atoms with Gasteiger partial charge in [0.15, 0.2) is 5.82 Å². The number of anilines is 1. The third-order valence-corrected chi connectivity index (χ3v) is 8.46. The number of aromatic nitrogens is 5. The number of aromatic amines is 2. The van der Waals surface area contributed by atoms with Crippen LogP contribution in [0.5, 0.6) is 0 Å². The van der Waals surface area contributed by atoms with E-state index in [0.29, 0.717) is 30.3 Å². The highest BCUT2D eigenvalue weighted by Gasteiger charge is 2.25. The molecule has 0 atom stereocenters. The summed E-state index contributed by atoms with van der Waals surface area (Å²) in [5, 5.41) is 14.5. The zero-order valence-corrected chi connectivity index (χ0v) is 24.4. The number of nitrogens with zero attached hydrogens (tertiary/aromatic N) is 5. The van der Waals surface area contributed by atoms with Gasteiger partial charge in [0, 0.05) is 67.1 Å². The number of nitrogens with one attached hydrogen (secondary N) is 3. The highest BCUT2D eigenvalue weighted by molar-refractivity contribution is 5.97. The molecular weight excluding hydrogens is 536 g/mol. The molecule has 7 rings (SSSR count). The molecule has 0 bridgehead atoms. The molecule has 9 nitrogen and oxygen atoms in total. The zero-order chi connectivity index (χ0) is 29.3. The van der Waals surface area contributed by atoms with E-state index in [-0.39, 0.29) is 5.91 Å². The molecule has 3 aromatic heterocycles. The van der Waals surface area contributed by atoms with Crippen LogP contribution in [-0.2, 0) is 6.54 Å². The average molecular weight is 571 g/mol. The number of fused-ring (bicyclic) bond motifs is 2. The summed E-state index contributed by atoms with van der Waals surface area (Å²) in [4.78, 5) is 30.1. The number of carbonyl (C=O) groups excluding carboxylic acids is 1. The first-order valence-corrected chi connectivity index (χ1v) is 14.8. The van der Waals surface area contributed by atoms with E-state index in [0.717, 1.165) is 48.2 Å². The number of carbonyl (C=O) groups is 1. The number of amides is 1. The minimum Gasteiger partial charge on any atom is -0.367 e. The Labute approximate surface area is 250 Å². The SMILES string of the molecule is CCNCc1cncc(-c2ccc3[nH]nc(-c4ncc(C(=O)N5CCN(c6cccc7ccccc67)CC5)[nH]4)c3c2)c1C. The van der Waals surface area contributed by atoms with Crippen molar-refractivity contribution in [1.82, 2.24) is 35.4 Å². The average Bonchev–Trinajstić information content (AvgIpc) is 3.71. The molecule has 0 unspecified atom stereocenters. The maximum atomic E-state index is 13.5. The van der Waals surface area contributed by atoms with Gasteiger partial charge in [-0.3, -0.25) is 14.9 Å². The van der Waals surface area contributed by atoms with Crippen LogP contribution < -0.4 is 10.2 Å². The van der Waals surface area contributed by atoms with Gasteiger partial charge in [-0.05, 0) is 53.7 Å². The van der Waals surface area contributed by atoms with Crippen LogP contribution in [0, 0.1) is 6.92 Å². The molecular formula is C34H34N8O. The number of imidazole rings is 1. The van der Waals surface area contributed by atoms with Crippen LogP contribution in [0.4, 0.5) is 5.69 Å². The van der Waals surface area contributed by atoms with E-state index in [9.17, 15) is 4.79 Å². The second-order valence-corrected chi connectivity index (χ2v) is 11.0. The Morgan fingerprint density at radius 1 is 0.953 bits per heavy atom. The Morgan fingerprint density at radius 2 is 1.79 bits per heavy atom. The van der Waals surface area contributed by atoms with Crippen molar-refractivity contribution >= 4 is 33.3 Å². The summed E-state index contributed by atoms with van der Waals surface area (Å²) in [7, 11) is 0. The van der Waals surface area contributed by atoms with Crippen molar-refractivity contribution in [2.75, 3.05) is 37.6 Å². The number of benzene rings is 3. The summed E-state index contributed by atoms with van der Waals surface area (Å²) >= 11 is 0. The molecule has 0 saturated carbocycles. The molecule has 6 aromatic rings. The second kappa shape index (κ2) is 11.3. The summed E-state index contributed by atoms with van der Waals surface area (Å²) in [5.41, 5.74) is 7.80. The molecule has 9 heteroatoms. The highest BCUT2D eigenvalue weighted by atomic mass is 16.2. The Kier molecular flexibility index (Phi) is 7.08. The van der Waals surface area contributed by atoms with E-state index in [1.807, 2.05) is 23.4 Å². The smallest absolute Gasteiger partial charge is 0.272 e. The molecule has 3 aromatic carbocycles. The minimum absolute atomic E-state index is 0.0453. The number of piperazine rings is 1. The van der Waals surface area contributed by atoms with Gasteiger partial charge >= 0.3 is 0 Å². The highest BCUT2D eigenvalue weighted by Crippen LogP contribution is 2.32. The predicted molar refractivity (Wildman–Crippen MR) is 171 cm³/mol. The molecule has 1 aliphatic rings. The summed E-state index contributed by atoms with van der Waals surface area (Å²) in [6.07, 6.45) is 5.46. The monoisotopic (exact) mass is 570 g/mol. The molecule has 0 aliphatic carbocycles. The molecule has 1 aliphatic heterocycles. The summed E-state index contributed by atoms with van der Waals surface area (Å²) in [6, 6.07) is 21.1. The zero-order valence-electron chi connectivity index (χ0n) is 24.4. The Morgan fingerprint density at radius 3 is 2.65 bits per heavy atom. The molecule has 216 valence electrons. The van der Waals surface area contributed by atoms with Gasteiger partial charge in [0.05, 0.1) is 11.7 Å². The third kappa shape index (κ3) is 5.02. The topological polar surface area (TPSA) is 106 Å². The summed E-state index contributed by atoms with van der Waals surface area (Å²) in [6.45, 7) is 8.76. The van der Waals surface area contributed by atoms with Crippen LogP contribution in [0.25, 0.3) is 44.3 Å². The first-order valence-electron chi connectivity index (χ1n) is 14.8. The number of pyridine rings is 1. The number of H-pyrrole nitrogens is 2. The fourth-order valence-electron chi connectivity index (χ4n) is 6.01. The van der Waals surface area contributed by atoms with Crippen molar-refractivity contribution < 1.29 is 4.79 Å². The lowest BCUT2D eigenvalue weighted by molar-refractivity contribution is 0.0741. The van der Waals surface area contributed by atoms with E-state index >= 15 is 0 Å². The van der Waals surface area contributed by atoms with Crippen LogP contribution in [0.3, 0.4) is 0 Å². The van der Waals surface area contributed by atoms with E-state index < -0.39 is 0 Å². The first kappa shape index (κ1) is 26.9. The van der Waals surface area contributed by atoms with E-state index in [4.69, 9.17) is 0 Å². The lowest BCUT2D eigenvalue weighted by Gasteiger charge is -2.36. The fraction of sp³-hybridized carbons (Fsp3) is 0.235. The van der Waals surface area contributed by atoms with Crippen molar-refractivity contribution in [3.05, 3.63) is 96.1 Å². The van der Waals surface area contributed by atoms with Crippen LogP contribution in [0.2, 0.25) is 0 Å². The summed E-state index contributed by atoms with van der Waals surface area (Å²) < 4.78 is 0. The molecule has 1 fully saturated rings. The molecule has 1 amide bonds. The minimum atomic E-state index is -0.0453. The van der Waals surface area contributed by atoms with Gasteiger partial charge in [0.2, 0.25) is 0 Å². The van der Waals surface area contributed by atoms with Crippen molar-refractivity contribution in [2.24, 2.45) is 0 Å². The van der Waals surface area contributed by atoms with Crippen molar-refractivity contribution in [1.29, 1.82) is 0 Å². The third-order valence-electron chi connectivity index (χ3n) is 8.46. The van der Waals surface area contributed by atoms with Crippen molar-refractivity contribution in [3.63, 3.8) is 0 Å². The lowest BCUT2D eigenvalue weighted by atomic mass is 9.98. The second-order valence-electron chi connectivity index (χ2n) is 11.0. The molecule has 0 radical (unpaired) electrons. The van der Waals surface area contributed by atoms with Gasteiger partial charge in [0.1, 0.15) is 11.4 Å². The standard InChI is InChI=1S/C34H34N8O/c1-3-35-18-25-19-36-20-28(22(25)2)24-11-12-29-27(17-24)32(40-39-29)33-37-21-30(38-33)34(43)42-15-13-41(14-16-42)31-10-6-8-23-7-4-5-9-26(23)31/h4-12,17,19-21,35H,3,13-16,18H2,1-2H3,(H,37,38)(H,39,40). The lowest BCUT2D eigenvalue weighted by Crippen LogP contribution is -2.49. The van der Waals surface area contributed by atoms with Gasteiger partial charge in [-0.25, -0.2) is 4.98 Å². The Hall–Kier alpha value is -5.02. The van der Waals surface area contributed by atoms with Crippen LogP contribution >= 0.6 is 0 Å². The molecule has 43 heavy (non-hydrogen) atoms. The Bertz CT molecular complexity index is 1930. The van der Waals surface area contributed by atoms with Crippen LogP contribution in [-0.4, -0.2) is 68.7 Å². The fourth-order valence-corrected chi connectivity index (χ4v) is 6.01. The molecule has 4 heterocycles.